The first kappa shape index (κ1) is 18.9. The summed E-state index contributed by atoms with van der Waals surface area (Å²) in [4.78, 5) is 12.9. The average molecular weight is 375 g/mol. The van der Waals surface area contributed by atoms with Crippen LogP contribution in [0, 0.1) is 17.2 Å². The molecule has 2 aromatic carbocycles. The van der Waals surface area contributed by atoms with E-state index < -0.39 is 0 Å². The third kappa shape index (κ3) is 3.76. The molecule has 1 amide bonds. The number of amides is 1. The molecule has 5 heteroatoms. The Kier molecular flexibility index (Phi) is 5.64. The molecule has 26 heavy (non-hydrogen) atoms. The van der Waals surface area contributed by atoms with Gasteiger partial charge in [-0.05, 0) is 61.0 Å². The van der Waals surface area contributed by atoms with Crippen LogP contribution in [0.1, 0.15) is 36.4 Å². The highest BCUT2D eigenvalue weighted by molar-refractivity contribution is 5.85. The molecule has 3 nitrogen and oxygen atoms in total. The van der Waals surface area contributed by atoms with Crippen LogP contribution in [0.5, 0.6) is 0 Å². The van der Waals surface area contributed by atoms with E-state index in [9.17, 15) is 9.18 Å². The highest BCUT2D eigenvalue weighted by atomic mass is 35.5. The van der Waals surface area contributed by atoms with Crippen molar-refractivity contribution in [2.75, 3.05) is 13.1 Å². The fraction of sp³-hybridized carbons (Fsp3) is 0.381. The Hall–Kier alpha value is -1.91. The zero-order valence-electron chi connectivity index (χ0n) is 14.6. The second kappa shape index (κ2) is 7.77. The summed E-state index contributed by atoms with van der Waals surface area (Å²) < 4.78 is 13.3. The molecule has 2 atom stereocenters. The number of nitrogens with one attached hydrogen (secondary N) is 2. The first-order valence-electron chi connectivity index (χ1n) is 8.99. The Labute approximate surface area is 159 Å². The lowest BCUT2D eigenvalue weighted by Crippen LogP contribution is -2.35. The predicted molar refractivity (Wildman–Crippen MR) is 103 cm³/mol. The van der Waals surface area contributed by atoms with Crippen LogP contribution < -0.4 is 10.6 Å². The van der Waals surface area contributed by atoms with Crippen molar-refractivity contribution >= 4 is 18.3 Å². The molecule has 0 radical (unpaired) electrons. The Morgan fingerprint density at radius 1 is 1.04 bits per heavy atom. The summed E-state index contributed by atoms with van der Waals surface area (Å²) >= 11 is 0. The van der Waals surface area contributed by atoms with E-state index in [1.807, 2.05) is 30.3 Å². The largest absolute Gasteiger partial charge is 0.345 e. The second-order valence-electron chi connectivity index (χ2n) is 7.27. The highest BCUT2D eigenvalue weighted by Crippen LogP contribution is 2.58. The Balaban J connectivity index is 0.00000196. The van der Waals surface area contributed by atoms with E-state index >= 15 is 0 Å². The summed E-state index contributed by atoms with van der Waals surface area (Å²) in [5, 5.41) is 6.59. The first-order chi connectivity index (χ1) is 12.2. The van der Waals surface area contributed by atoms with Gasteiger partial charge in [0.2, 0.25) is 5.91 Å². The van der Waals surface area contributed by atoms with E-state index in [4.69, 9.17) is 0 Å². The van der Waals surface area contributed by atoms with Gasteiger partial charge in [-0.2, -0.15) is 0 Å². The molecule has 0 bridgehead atoms. The maximum atomic E-state index is 13.3. The predicted octanol–water partition coefficient (Wildman–Crippen LogP) is 3.84. The van der Waals surface area contributed by atoms with E-state index in [0.717, 1.165) is 43.5 Å². The maximum absolute atomic E-state index is 13.3. The quantitative estimate of drug-likeness (QED) is 0.853. The molecular formula is C21H24ClFN2O. The summed E-state index contributed by atoms with van der Waals surface area (Å²) in [6.07, 6.45) is 3.15. The van der Waals surface area contributed by atoms with Crippen molar-refractivity contribution in [2.24, 2.45) is 11.3 Å². The van der Waals surface area contributed by atoms with Crippen molar-refractivity contribution in [1.82, 2.24) is 10.6 Å². The van der Waals surface area contributed by atoms with Crippen molar-refractivity contribution in [2.45, 2.75) is 25.3 Å². The van der Waals surface area contributed by atoms with Gasteiger partial charge in [0.15, 0.2) is 0 Å². The lowest BCUT2D eigenvalue weighted by Gasteiger charge is -2.25. The van der Waals surface area contributed by atoms with Crippen LogP contribution in [0.4, 0.5) is 4.39 Å². The van der Waals surface area contributed by atoms with Crippen LogP contribution in [0.15, 0.2) is 54.6 Å². The van der Waals surface area contributed by atoms with Crippen LogP contribution >= 0.6 is 12.4 Å². The monoisotopic (exact) mass is 374 g/mol. The van der Waals surface area contributed by atoms with E-state index in [1.54, 1.807) is 12.1 Å². The zero-order chi connectivity index (χ0) is 17.3. The Morgan fingerprint density at radius 3 is 2.31 bits per heavy atom. The molecular weight excluding hydrogens is 351 g/mol. The summed E-state index contributed by atoms with van der Waals surface area (Å²) in [7, 11) is 0. The van der Waals surface area contributed by atoms with Crippen LogP contribution in [0.3, 0.4) is 0 Å². The molecule has 1 saturated carbocycles. The summed E-state index contributed by atoms with van der Waals surface area (Å²) in [6.45, 7) is 2.01. The smallest absolute Gasteiger partial charge is 0.224 e. The van der Waals surface area contributed by atoms with Crippen molar-refractivity contribution in [3.63, 3.8) is 0 Å². The van der Waals surface area contributed by atoms with Gasteiger partial charge in [0.1, 0.15) is 5.82 Å². The van der Waals surface area contributed by atoms with E-state index in [0.29, 0.717) is 0 Å². The van der Waals surface area contributed by atoms with Gasteiger partial charge in [-0.3, -0.25) is 4.79 Å². The highest BCUT2D eigenvalue weighted by Gasteiger charge is 2.57. The number of carbonyl (C=O) groups excluding carboxylic acids is 1. The third-order valence-corrected chi connectivity index (χ3v) is 5.73. The molecule has 1 aliphatic carbocycles. The normalized spacial score (nSPS) is 21.5. The second-order valence-corrected chi connectivity index (χ2v) is 7.27. The minimum Gasteiger partial charge on any atom is -0.345 e. The molecule has 4 rings (SSSR count). The van der Waals surface area contributed by atoms with Crippen molar-refractivity contribution in [3.8, 4) is 0 Å². The van der Waals surface area contributed by atoms with Gasteiger partial charge < -0.3 is 10.6 Å². The molecule has 0 aromatic heterocycles. The molecule has 138 valence electrons. The number of rotatable bonds is 4. The molecule has 2 fully saturated rings. The number of halogens is 2. The van der Waals surface area contributed by atoms with Crippen molar-refractivity contribution < 1.29 is 9.18 Å². The van der Waals surface area contributed by atoms with E-state index in [2.05, 4.69) is 10.6 Å². The van der Waals surface area contributed by atoms with E-state index in [1.165, 1.54) is 12.1 Å². The summed E-state index contributed by atoms with van der Waals surface area (Å²) in [5.41, 5.74) is 2.13. The topological polar surface area (TPSA) is 41.1 Å². The van der Waals surface area contributed by atoms with Crippen molar-refractivity contribution in [1.29, 1.82) is 0 Å². The minimum absolute atomic E-state index is 0. The number of hydrogen-bond acceptors (Lipinski definition) is 2. The number of piperidine rings is 1. The Morgan fingerprint density at radius 2 is 1.65 bits per heavy atom. The SMILES string of the molecule is Cl.O=C(NC(c1ccccc1)c1ccc(F)cc1)C1CC12CCNCC2. The lowest BCUT2D eigenvalue weighted by molar-refractivity contribution is -0.123. The third-order valence-electron chi connectivity index (χ3n) is 5.73. The van der Waals surface area contributed by atoms with Crippen LogP contribution in [-0.2, 0) is 4.79 Å². The first-order valence-corrected chi connectivity index (χ1v) is 8.99. The average Bonchev–Trinajstić information content (AvgIpc) is 3.35. The van der Waals surface area contributed by atoms with Gasteiger partial charge in [0.05, 0.1) is 6.04 Å². The number of carbonyl (C=O) groups is 1. The number of hydrogen-bond donors (Lipinski definition) is 2. The molecule has 2 N–H and O–H groups in total. The fourth-order valence-corrected chi connectivity index (χ4v) is 4.10. The van der Waals surface area contributed by atoms with Gasteiger partial charge in [0, 0.05) is 5.92 Å². The molecule has 2 unspecified atom stereocenters. The van der Waals surface area contributed by atoms with Crippen LogP contribution in [0.25, 0.3) is 0 Å². The Bertz CT molecular complexity index is 744. The lowest BCUT2D eigenvalue weighted by atomic mass is 9.91. The number of benzene rings is 2. The summed E-state index contributed by atoms with van der Waals surface area (Å²) in [6, 6.07) is 16.0. The minimum atomic E-state index is -0.266. The van der Waals surface area contributed by atoms with Gasteiger partial charge in [-0.25, -0.2) is 4.39 Å². The maximum Gasteiger partial charge on any atom is 0.224 e. The molecule has 1 spiro atoms. The molecule has 2 aromatic rings. The standard InChI is InChI=1S/C21H23FN2O.ClH/c22-17-8-6-16(7-9-17)19(15-4-2-1-3-5-15)24-20(25)18-14-21(18)10-12-23-13-11-21;/h1-9,18-19,23H,10-14H2,(H,24,25);1H. The molecule has 1 saturated heterocycles. The van der Waals surface area contributed by atoms with Gasteiger partial charge >= 0.3 is 0 Å². The van der Waals surface area contributed by atoms with Crippen LogP contribution in [0.2, 0.25) is 0 Å². The molecule has 1 aliphatic heterocycles. The summed E-state index contributed by atoms with van der Waals surface area (Å²) in [5.74, 6) is -0.0286. The zero-order valence-corrected chi connectivity index (χ0v) is 15.4. The fourth-order valence-electron chi connectivity index (χ4n) is 4.10. The van der Waals surface area contributed by atoms with Gasteiger partial charge in [-0.15, -0.1) is 12.4 Å². The van der Waals surface area contributed by atoms with Crippen LogP contribution in [-0.4, -0.2) is 19.0 Å². The van der Waals surface area contributed by atoms with Gasteiger partial charge in [-0.1, -0.05) is 42.5 Å². The van der Waals surface area contributed by atoms with Crippen molar-refractivity contribution in [3.05, 3.63) is 71.5 Å². The molecule has 1 heterocycles. The molecule has 2 aliphatic rings. The van der Waals surface area contributed by atoms with Gasteiger partial charge in [0.25, 0.3) is 0 Å². The van der Waals surface area contributed by atoms with E-state index in [-0.39, 0.29) is 41.5 Å².